The van der Waals surface area contributed by atoms with Gasteiger partial charge in [-0.05, 0) is 43.5 Å². The van der Waals surface area contributed by atoms with Gasteiger partial charge in [0.1, 0.15) is 0 Å². The van der Waals surface area contributed by atoms with Crippen molar-refractivity contribution in [2.24, 2.45) is 0 Å². The highest BCUT2D eigenvalue weighted by atomic mass is 16.2. The maximum absolute atomic E-state index is 12.9. The van der Waals surface area contributed by atoms with Crippen LogP contribution in [0.4, 0.5) is 5.69 Å². The number of nitrogens with zero attached hydrogens (tertiary/aromatic N) is 3. The van der Waals surface area contributed by atoms with Gasteiger partial charge in [0.2, 0.25) is 0 Å². The van der Waals surface area contributed by atoms with E-state index in [2.05, 4.69) is 10.4 Å². The number of aromatic nitrogens is 2. The zero-order chi connectivity index (χ0) is 19.3. The first kappa shape index (κ1) is 18.0. The van der Waals surface area contributed by atoms with Crippen molar-refractivity contribution in [3.63, 3.8) is 0 Å². The minimum Gasteiger partial charge on any atom is -0.339 e. The Kier molecular flexibility index (Phi) is 5.19. The van der Waals surface area contributed by atoms with Gasteiger partial charge < -0.3 is 10.2 Å². The lowest BCUT2D eigenvalue weighted by Gasteiger charge is -2.27. The average Bonchev–Trinajstić information content (AvgIpc) is 3.25. The van der Waals surface area contributed by atoms with Crippen molar-refractivity contribution in [2.75, 3.05) is 18.4 Å². The monoisotopic (exact) mass is 374 g/mol. The summed E-state index contributed by atoms with van der Waals surface area (Å²) in [6, 6.07) is 16.8. The third kappa shape index (κ3) is 3.81. The number of nitrogens with one attached hydrogen (secondary N) is 1. The fraction of sp³-hybridized carbons (Fsp3) is 0.227. The predicted molar refractivity (Wildman–Crippen MR) is 108 cm³/mol. The molecule has 0 spiro atoms. The lowest BCUT2D eigenvalue weighted by molar-refractivity contribution is 0.0725. The highest BCUT2D eigenvalue weighted by Crippen LogP contribution is 2.21. The van der Waals surface area contributed by atoms with Gasteiger partial charge in [0.15, 0.2) is 0 Å². The molecule has 142 valence electrons. The molecule has 1 saturated heterocycles. The molecule has 6 nitrogen and oxygen atoms in total. The lowest BCUT2D eigenvalue weighted by Crippen LogP contribution is -2.36. The molecule has 0 radical (unpaired) electrons. The Labute approximate surface area is 163 Å². The van der Waals surface area contributed by atoms with Crippen molar-refractivity contribution >= 4 is 17.5 Å². The molecular formula is C22H22N4O2. The van der Waals surface area contributed by atoms with E-state index in [9.17, 15) is 9.59 Å². The topological polar surface area (TPSA) is 67.2 Å². The number of piperidine rings is 1. The molecule has 2 heterocycles. The van der Waals surface area contributed by atoms with Crippen LogP contribution in [0.3, 0.4) is 0 Å². The number of hydrogen-bond acceptors (Lipinski definition) is 3. The first-order chi connectivity index (χ1) is 13.7. The van der Waals surface area contributed by atoms with Crippen LogP contribution in [0.5, 0.6) is 0 Å². The normalized spacial score (nSPS) is 13.9. The quantitative estimate of drug-likeness (QED) is 0.756. The molecular weight excluding hydrogens is 352 g/mol. The van der Waals surface area contributed by atoms with E-state index in [1.54, 1.807) is 23.0 Å². The number of hydrogen-bond donors (Lipinski definition) is 1. The van der Waals surface area contributed by atoms with E-state index in [-0.39, 0.29) is 11.8 Å². The molecule has 6 heteroatoms. The summed E-state index contributed by atoms with van der Waals surface area (Å²) in [5.74, 6) is -0.323. The number of amides is 2. The number of anilines is 1. The Morgan fingerprint density at radius 2 is 1.61 bits per heavy atom. The molecule has 1 fully saturated rings. The summed E-state index contributed by atoms with van der Waals surface area (Å²) in [6.45, 7) is 1.54. The highest BCUT2D eigenvalue weighted by molar-refractivity contribution is 6.08. The first-order valence-electron chi connectivity index (χ1n) is 9.52. The van der Waals surface area contributed by atoms with E-state index in [0.29, 0.717) is 16.8 Å². The molecule has 3 aromatic rings. The third-order valence-corrected chi connectivity index (χ3v) is 4.91. The van der Waals surface area contributed by atoms with Crippen LogP contribution < -0.4 is 5.32 Å². The van der Waals surface area contributed by atoms with E-state index in [1.165, 1.54) is 6.20 Å². The number of para-hydroxylation sites is 2. The maximum atomic E-state index is 12.9. The molecule has 0 atom stereocenters. The van der Waals surface area contributed by atoms with Gasteiger partial charge >= 0.3 is 0 Å². The minimum absolute atomic E-state index is 0.0319. The van der Waals surface area contributed by atoms with Crippen LogP contribution in [0.25, 0.3) is 5.69 Å². The smallest absolute Gasteiger partial charge is 0.258 e. The number of likely N-dealkylation sites (tertiary alicyclic amines) is 1. The van der Waals surface area contributed by atoms with Crippen LogP contribution >= 0.6 is 0 Å². The van der Waals surface area contributed by atoms with E-state index >= 15 is 0 Å². The lowest BCUT2D eigenvalue weighted by atomic mass is 10.1. The van der Waals surface area contributed by atoms with Gasteiger partial charge in [0.25, 0.3) is 11.8 Å². The molecule has 0 bridgehead atoms. The van der Waals surface area contributed by atoms with Crippen molar-refractivity contribution in [3.05, 3.63) is 78.1 Å². The SMILES string of the molecule is O=C(Nc1ccccc1C(=O)N1CCCCC1)c1cnn(-c2ccccc2)c1. The van der Waals surface area contributed by atoms with Crippen molar-refractivity contribution in [3.8, 4) is 5.69 Å². The van der Waals surface area contributed by atoms with Crippen LogP contribution in [0.1, 0.15) is 40.0 Å². The largest absolute Gasteiger partial charge is 0.339 e. The molecule has 2 amide bonds. The van der Waals surface area contributed by atoms with Crippen molar-refractivity contribution in [1.29, 1.82) is 0 Å². The Morgan fingerprint density at radius 1 is 0.893 bits per heavy atom. The van der Waals surface area contributed by atoms with Crippen LogP contribution in [-0.4, -0.2) is 39.6 Å². The second-order valence-corrected chi connectivity index (χ2v) is 6.86. The van der Waals surface area contributed by atoms with E-state index in [4.69, 9.17) is 0 Å². The van der Waals surface area contributed by atoms with Gasteiger partial charge in [-0.25, -0.2) is 4.68 Å². The fourth-order valence-electron chi connectivity index (χ4n) is 3.40. The van der Waals surface area contributed by atoms with Crippen LogP contribution in [0.15, 0.2) is 67.0 Å². The van der Waals surface area contributed by atoms with Gasteiger partial charge in [-0.2, -0.15) is 5.10 Å². The summed E-state index contributed by atoms with van der Waals surface area (Å²) < 4.78 is 1.65. The molecule has 4 rings (SSSR count). The maximum Gasteiger partial charge on any atom is 0.258 e. The van der Waals surface area contributed by atoms with Crippen molar-refractivity contribution in [1.82, 2.24) is 14.7 Å². The van der Waals surface area contributed by atoms with Gasteiger partial charge in [0.05, 0.1) is 28.7 Å². The standard InChI is InChI=1S/C22H22N4O2/c27-21(17-15-23-26(16-17)18-9-3-1-4-10-18)24-20-12-6-5-11-19(20)22(28)25-13-7-2-8-14-25/h1,3-6,9-12,15-16H,2,7-8,13-14H2,(H,24,27). The molecule has 28 heavy (non-hydrogen) atoms. The fourth-order valence-corrected chi connectivity index (χ4v) is 3.40. The number of benzene rings is 2. The highest BCUT2D eigenvalue weighted by Gasteiger charge is 2.21. The zero-order valence-electron chi connectivity index (χ0n) is 15.5. The minimum atomic E-state index is -0.291. The predicted octanol–water partition coefficient (Wildman–Crippen LogP) is 3.75. The first-order valence-corrected chi connectivity index (χ1v) is 9.52. The van der Waals surface area contributed by atoms with Gasteiger partial charge in [-0.1, -0.05) is 30.3 Å². The molecule has 1 aliphatic heterocycles. The second-order valence-electron chi connectivity index (χ2n) is 6.86. The summed E-state index contributed by atoms with van der Waals surface area (Å²) >= 11 is 0. The van der Waals surface area contributed by atoms with E-state index in [0.717, 1.165) is 38.0 Å². The summed E-state index contributed by atoms with van der Waals surface area (Å²) in [4.78, 5) is 27.5. The summed E-state index contributed by atoms with van der Waals surface area (Å²) in [6.07, 6.45) is 6.42. The van der Waals surface area contributed by atoms with Crippen LogP contribution in [-0.2, 0) is 0 Å². The van der Waals surface area contributed by atoms with Gasteiger partial charge in [-0.15, -0.1) is 0 Å². The third-order valence-electron chi connectivity index (χ3n) is 4.91. The molecule has 1 N–H and O–H groups in total. The van der Waals surface area contributed by atoms with Crippen LogP contribution in [0.2, 0.25) is 0 Å². The Balaban J connectivity index is 1.52. The van der Waals surface area contributed by atoms with Crippen molar-refractivity contribution < 1.29 is 9.59 Å². The molecule has 1 aliphatic rings. The number of carbonyl (C=O) groups is 2. The summed E-state index contributed by atoms with van der Waals surface area (Å²) in [5, 5.41) is 7.13. The van der Waals surface area contributed by atoms with E-state index in [1.807, 2.05) is 47.4 Å². The Hall–Kier alpha value is -3.41. The second kappa shape index (κ2) is 8.08. The van der Waals surface area contributed by atoms with Gasteiger partial charge in [0, 0.05) is 19.3 Å². The average molecular weight is 374 g/mol. The number of rotatable bonds is 4. The van der Waals surface area contributed by atoms with E-state index < -0.39 is 0 Å². The summed E-state index contributed by atoms with van der Waals surface area (Å²) in [5.41, 5.74) is 2.36. The molecule has 2 aromatic carbocycles. The molecule has 0 aliphatic carbocycles. The zero-order valence-corrected chi connectivity index (χ0v) is 15.5. The summed E-state index contributed by atoms with van der Waals surface area (Å²) in [7, 11) is 0. The van der Waals surface area contributed by atoms with Gasteiger partial charge in [-0.3, -0.25) is 9.59 Å². The molecule has 0 saturated carbocycles. The van der Waals surface area contributed by atoms with Crippen LogP contribution in [0, 0.1) is 0 Å². The molecule has 0 unspecified atom stereocenters. The number of carbonyl (C=O) groups excluding carboxylic acids is 2. The Morgan fingerprint density at radius 3 is 2.39 bits per heavy atom. The van der Waals surface area contributed by atoms with Crippen molar-refractivity contribution in [2.45, 2.75) is 19.3 Å². The Bertz CT molecular complexity index is 975. The molecule has 1 aromatic heterocycles.